The Labute approximate surface area is 127 Å². The van der Waals surface area contributed by atoms with Gasteiger partial charge >= 0.3 is 0 Å². The van der Waals surface area contributed by atoms with Crippen LogP contribution in [-0.4, -0.2) is 56.7 Å². The number of nitrogens with two attached hydrogens (primary N) is 1. The number of rotatable bonds is 7. The highest BCUT2D eigenvalue weighted by molar-refractivity contribution is 5.80. The van der Waals surface area contributed by atoms with Gasteiger partial charge in [-0.3, -0.25) is 9.79 Å². The summed E-state index contributed by atoms with van der Waals surface area (Å²) in [5.74, 6) is 1.85. The van der Waals surface area contributed by atoms with Gasteiger partial charge in [-0.25, -0.2) is 0 Å². The van der Waals surface area contributed by atoms with E-state index in [-0.39, 0.29) is 5.91 Å². The summed E-state index contributed by atoms with van der Waals surface area (Å²) in [5, 5.41) is 3.34. The lowest BCUT2D eigenvalue weighted by atomic mass is 9.95. The fourth-order valence-electron chi connectivity index (χ4n) is 2.81. The van der Waals surface area contributed by atoms with Gasteiger partial charge in [0.25, 0.3) is 0 Å². The third-order valence-electron chi connectivity index (χ3n) is 4.10. The molecule has 21 heavy (non-hydrogen) atoms. The lowest BCUT2D eigenvalue weighted by molar-refractivity contribution is -0.119. The van der Waals surface area contributed by atoms with Crippen LogP contribution in [0.2, 0.25) is 0 Å². The number of hydrogen-bond donors (Lipinski definition) is 2. The van der Waals surface area contributed by atoms with Crippen LogP contribution in [0.3, 0.4) is 0 Å². The second kappa shape index (κ2) is 8.22. The van der Waals surface area contributed by atoms with Gasteiger partial charge in [0.15, 0.2) is 5.96 Å². The molecule has 6 heteroatoms. The van der Waals surface area contributed by atoms with E-state index in [1.165, 1.54) is 12.8 Å². The molecule has 0 radical (unpaired) electrons. The average molecular weight is 296 g/mol. The fourth-order valence-corrected chi connectivity index (χ4v) is 2.81. The van der Waals surface area contributed by atoms with Crippen molar-refractivity contribution in [2.75, 3.05) is 39.9 Å². The molecule has 120 valence electrons. The molecule has 6 nitrogen and oxygen atoms in total. The zero-order valence-electron chi connectivity index (χ0n) is 13.0. The van der Waals surface area contributed by atoms with Crippen LogP contribution in [0.25, 0.3) is 0 Å². The van der Waals surface area contributed by atoms with Crippen molar-refractivity contribution in [2.45, 2.75) is 32.1 Å². The highest BCUT2D eigenvalue weighted by atomic mass is 16.5. The van der Waals surface area contributed by atoms with E-state index in [0.717, 1.165) is 51.0 Å². The SMILES string of the molecule is CN=C(NCCOCC1CC1)N1CCCC(CC(N)=O)C1. The molecular weight excluding hydrogens is 268 g/mol. The lowest BCUT2D eigenvalue weighted by Crippen LogP contribution is -2.47. The maximum absolute atomic E-state index is 11.1. The van der Waals surface area contributed by atoms with Gasteiger partial charge in [0.05, 0.1) is 6.61 Å². The minimum atomic E-state index is -0.210. The highest BCUT2D eigenvalue weighted by Crippen LogP contribution is 2.28. The number of nitrogens with one attached hydrogen (secondary N) is 1. The van der Waals surface area contributed by atoms with Gasteiger partial charge in [0.1, 0.15) is 0 Å². The number of carbonyl (C=O) groups excluding carboxylic acids is 1. The second-order valence-electron chi connectivity index (χ2n) is 6.12. The molecule has 0 aromatic rings. The maximum atomic E-state index is 11.1. The van der Waals surface area contributed by atoms with E-state index in [2.05, 4.69) is 15.2 Å². The Morgan fingerprint density at radius 2 is 2.19 bits per heavy atom. The molecular formula is C15H28N4O2. The lowest BCUT2D eigenvalue weighted by Gasteiger charge is -2.34. The van der Waals surface area contributed by atoms with Gasteiger partial charge in [-0.15, -0.1) is 0 Å². The average Bonchev–Trinajstić information content (AvgIpc) is 3.26. The predicted molar refractivity (Wildman–Crippen MR) is 83.0 cm³/mol. The number of guanidine groups is 1. The molecule has 1 heterocycles. The van der Waals surface area contributed by atoms with Crippen molar-refractivity contribution in [3.05, 3.63) is 0 Å². The van der Waals surface area contributed by atoms with E-state index in [1.807, 2.05) is 0 Å². The molecule has 1 unspecified atom stereocenters. The van der Waals surface area contributed by atoms with Crippen LogP contribution in [0, 0.1) is 11.8 Å². The Hall–Kier alpha value is -1.30. The summed E-state index contributed by atoms with van der Waals surface area (Å²) >= 11 is 0. The Kier molecular flexibility index (Phi) is 6.29. The van der Waals surface area contributed by atoms with Gasteiger partial charge in [0.2, 0.25) is 5.91 Å². The van der Waals surface area contributed by atoms with Crippen LogP contribution in [0.15, 0.2) is 4.99 Å². The van der Waals surface area contributed by atoms with Crippen molar-refractivity contribution in [3.63, 3.8) is 0 Å². The summed E-state index contributed by atoms with van der Waals surface area (Å²) in [5.41, 5.74) is 5.30. The van der Waals surface area contributed by atoms with Gasteiger partial charge in [-0.1, -0.05) is 0 Å². The Bertz CT molecular complexity index is 369. The van der Waals surface area contributed by atoms with Crippen molar-refractivity contribution >= 4 is 11.9 Å². The molecule has 0 spiro atoms. The largest absolute Gasteiger partial charge is 0.379 e. The number of primary amides is 1. The van der Waals surface area contributed by atoms with E-state index >= 15 is 0 Å². The number of hydrogen-bond acceptors (Lipinski definition) is 3. The minimum Gasteiger partial charge on any atom is -0.379 e. The summed E-state index contributed by atoms with van der Waals surface area (Å²) < 4.78 is 5.62. The number of amides is 1. The van der Waals surface area contributed by atoms with Crippen LogP contribution >= 0.6 is 0 Å². The van der Waals surface area contributed by atoms with Crippen molar-refractivity contribution in [3.8, 4) is 0 Å². The molecule has 1 aliphatic heterocycles. The minimum absolute atomic E-state index is 0.210. The number of aliphatic imine (C=N–C) groups is 1. The summed E-state index contributed by atoms with van der Waals surface area (Å²) in [6, 6.07) is 0. The summed E-state index contributed by atoms with van der Waals surface area (Å²) in [7, 11) is 1.80. The molecule has 2 aliphatic rings. The summed E-state index contributed by atoms with van der Waals surface area (Å²) in [6.07, 6.45) is 5.27. The third kappa shape index (κ3) is 5.91. The van der Waals surface area contributed by atoms with Crippen LogP contribution in [0.5, 0.6) is 0 Å². The molecule has 1 aliphatic carbocycles. The van der Waals surface area contributed by atoms with E-state index in [1.54, 1.807) is 7.05 Å². The molecule has 0 bridgehead atoms. The van der Waals surface area contributed by atoms with Gasteiger partial charge in [0, 0.05) is 39.7 Å². The van der Waals surface area contributed by atoms with E-state index < -0.39 is 0 Å². The fraction of sp³-hybridized carbons (Fsp3) is 0.867. The highest BCUT2D eigenvalue weighted by Gasteiger charge is 2.23. The quantitative estimate of drug-likeness (QED) is 0.409. The normalized spacial score (nSPS) is 23.2. The van der Waals surface area contributed by atoms with Crippen molar-refractivity contribution in [1.29, 1.82) is 0 Å². The van der Waals surface area contributed by atoms with Crippen LogP contribution in [-0.2, 0) is 9.53 Å². The Morgan fingerprint density at radius 1 is 1.38 bits per heavy atom. The molecule has 1 saturated carbocycles. The number of piperidine rings is 1. The zero-order valence-corrected chi connectivity index (χ0v) is 13.0. The molecule has 0 aromatic carbocycles. The number of likely N-dealkylation sites (tertiary alicyclic amines) is 1. The van der Waals surface area contributed by atoms with Crippen LogP contribution in [0.4, 0.5) is 0 Å². The van der Waals surface area contributed by atoms with E-state index in [4.69, 9.17) is 10.5 Å². The monoisotopic (exact) mass is 296 g/mol. The van der Waals surface area contributed by atoms with Crippen LogP contribution < -0.4 is 11.1 Å². The smallest absolute Gasteiger partial charge is 0.217 e. The third-order valence-corrected chi connectivity index (χ3v) is 4.10. The predicted octanol–water partition coefficient (Wildman–Crippen LogP) is 0.576. The molecule has 3 N–H and O–H groups in total. The second-order valence-corrected chi connectivity index (χ2v) is 6.12. The zero-order chi connectivity index (χ0) is 15.1. The van der Waals surface area contributed by atoms with Crippen molar-refractivity contribution in [1.82, 2.24) is 10.2 Å². The topological polar surface area (TPSA) is 80.0 Å². The number of carbonyl (C=O) groups is 1. The molecule has 1 amide bonds. The first kappa shape index (κ1) is 16.1. The first-order valence-electron chi connectivity index (χ1n) is 8.00. The van der Waals surface area contributed by atoms with Crippen LogP contribution in [0.1, 0.15) is 32.1 Å². The van der Waals surface area contributed by atoms with Gasteiger partial charge < -0.3 is 20.7 Å². The molecule has 1 atom stereocenters. The van der Waals surface area contributed by atoms with Gasteiger partial charge in [-0.2, -0.15) is 0 Å². The summed E-state index contributed by atoms with van der Waals surface area (Å²) in [4.78, 5) is 17.6. The first-order chi connectivity index (χ1) is 10.2. The number of ether oxygens (including phenoxy) is 1. The molecule has 2 fully saturated rings. The summed E-state index contributed by atoms with van der Waals surface area (Å²) in [6.45, 7) is 4.22. The number of nitrogens with zero attached hydrogens (tertiary/aromatic N) is 2. The van der Waals surface area contributed by atoms with Gasteiger partial charge in [-0.05, 0) is 37.5 Å². The molecule has 0 aromatic heterocycles. The first-order valence-corrected chi connectivity index (χ1v) is 8.00. The van der Waals surface area contributed by atoms with E-state index in [0.29, 0.717) is 18.9 Å². The van der Waals surface area contributed by atoms with Crippen molar-refractivity contribution in [2.24, 2.45) is 22.6 Å². The maximum Gasteiger partial charge on any atom is 0.217 e. The Morgan fingerprint density at radius 3 is 2.86 bits per heavy atom. The van der Waals surface area contributed by atoms with E-state index in [9.17, 15) is 4.79 Å². The standard InChI is InChI=1S/C15H28N4O2/c1-17-15(18-6-8-21-11-12-4-5-12)19-7-2-3-13(10-19)9-14(16)20/h12-13H,2-11H2,1H3,(H2,16,20)(H,17,18). The molecule has 2 rings (SSSR count). The van der Waals surface area contributed by atoms with Crippen molar-refractivity contribution < 1.29 is 9.53 Å². The molecule has 1 saturated heterocycles. The Balaban J connectivity index is 1.67.